The topological polar surface area (TPSA) is 67.4 Å². The first kappa shape index (κ1) is 17.9. The number of benzene rings is 1. The van der Waals surface area contributed by atoms with Crippen molar-refractivity contribution < 1.29 is 13.2 Å². The van der Waals surface area contributed by atoms with E-state index in [0.717, 1.165) is 18.7 Å². The van der Waals surface area contributed by atoms with Crippen LogP contribution in [0.1, 0.15) is 26.7 Å². The average molecular weight is 314 g/mol. The quantitative estimate of drug-likeness (QED) is 0.611. The maximum Gasteiger partial charge on any atom is 0.211 e. The molecule has 1 aromatic rings. The largest absolute Gasteiger partial charge is 0.492 e. The van der Waals surface area contributed by atoms with E-state index in [0.29, 0.717) is 25.6 Å². The smallest absolute Gasteiger partial charge is 0.211 e. The van der Waals surface area contributed by atoms with Crippen LogP contribution in [-0.4, -0.2) is 39.9 Å². The standard InChI is InChI=1S/C15H26N2O3S/c1-14(2)16-10-6-7-13-21(18,19)17-11-12-20-15-8-4-3-5-9-15/h3-5,8-9,14,16-17H,6-7,10-13H2,1-2H3. The zero-order chi connectivity index (χ0) is 15.6. The van der Waals surface area contributed by atoms with E-state index in [2.05, 4.69) is 23.9 Å². The number of para-hydroxylation sites is 1. The van der Waals surface area contributed by atoms with Crippen LogP contribution < -0.4 is 14.8 Å². The van der Waals surface area contributed by atoms with Crippen molar-refractivity contribution in [2.24, 2.45) is 0 Å². The van der Waals surface area contributed by atoms with Gasteiger partial charge in [-0.15, -0.1) is 0 Å². The van der Waals surface area contributed by atoms with Crippen molar-refractivity contribution in [1.29, 1.82) is 0 Å². The Kier molecular flexibility index (Phi) is 8.34. The molecule has 0 radical (unpaired) electrons. The number of rotatable bonds is 11. The van der Waals surface area contributed by atoms with E-state index >= 15 is 0 Å². The van der Waals surface area contributed by atoms with Gasteiger partial charge in [0.05, 0.1) is 5.75 Å². The summed E-state index contributed by atoms with van der Waals surface area (Å²) in [5.74, 6) is 0.912. The fourth-order valence-corrected chi connectivity index (χ4v) is 2.89. The van der Waals surface area contributed by atoms with Gasteiger partial charge in [-0.05, 0) is 31.5 Å². The Bertz CT molecular complexity index is 475. The molecular weight excluding hydrogens is 288 g/mol. The first-order chi connectivity index (χ1) is 9.99. The van der Waals surface area contributed by atoms with Crippen molar-refractivity contribution in [1.82, 2.24) is 10.0 Å². The summed E-state index contributed by atoms with van der Waals surface area (Å²) in [4.78, 5) is 0. The lowest BCUT2D eigenvalue weighted by atomic mass is 10.3. The number of unbranched alkanes of at least 4 members (excludes halogenated alkanes) is 1. The lowest BCUT2D eigenvalue weighted by molar-refractivity contribution is 0.323. The highest BCUT2D eigenvalue weighted by Crippen LogP contribution is 2.07. The number of hydrogen-bond acceptors (Lipinski definition) is 4. The Hall–Kier alpha value is -1.11. The summed E-state index contributed by atoms with van der Waals surface area (Å²) in [5.41, 5.74) is 0. The fourth-order valence-electron chi connectivity index (χ4n) is 1.76. The van der Waals surface area contributed by atoms with Crippen molar-refractivity contribution >= 4 is 10.0 Å². The third-order valence-corrected chi connectivity index (χ3v) is 4.30. The first-order valence-electron chi connectivity index (χ1n) is 7.38. The minimum atomic E-state index is -3.19. The van der Waals surface area contributed by atoms with Crippen molar-refractivity contribution in [2.45, 2.75) is 32.7 Å². The maximum atomic E-state index is 11.8. The molecule has 0 saturated carbocycles. The Morgan fingerprint density at radius 3 is 2.48 bits per heavy atom. The van der Waals surface area contributed by atoms with Crippen LogP contribution in [-0.2, 0) is 10.0 Å². The van der Waals surface area contributed by atoms with Gasteiger partial charge >= 0.3 is 0 Å². The minimum absolute atomic E-state index is 0.165. The zero-order valence-corrected chi connectivity index (χ0v) is 13.7. The van der Waals surface area contributed by atoms with Gasteiger partial charge in [-0.1, -0.05) is 32.0 Å². The second-order valence-electron chi connectivity index (χ2n) is 5.19. The molecule has 0 bridgehead atoms. The van der Waals surface area contributed by atoms with E-state index in [1.165, 1.54) is 0 Å². The molecule has 0 fully saturated rings. The van der Waals surface area contributed by atoms with E-state index in [1.54, 1.807) is 0 Å². The van der Waals surface area contributed by atoms with E-state index < -0.39 is 10.0 Å². The van der Waals surface area contributed by atoms with Gasteiger partial charge in [-0.25, -0.2) is 13.1 Å². The molecular formula is C15H26N2O3S. The summed E-state index contributed by atoms with van der Waals surface area (Å²) in [7, 11) is -3.19. The van der Waals surface area contributed by atoms with Crippen LogP contribution >= 0.6 is 0 Å². The number of hydrogen-bond donors (Lipinski definition) is 2. The SMILES string of the molecule is CC(C)NCCCCS(=O)(=O)NCCOc1ccccc1. The summed E-state index contributed by atoms with van der Waals surface area (Å²) >= 11 is 0. The summed E-state index contributed by atoms with van der Waals surface area (Å²) < 4.78 is 31.5. The summed E-state index contributed by atoms with van der Waals surface area (Å²) in [6.45, 7) is 5.62. The lowest BCUT2D eigenvalue weighted by Crippen LogP contribution is -2.31. The van der Waals surface area contributed by atoms with E-state index in [-0.39, 0.29) is 5.75 Å². The van der Waals surface area contributed by atoms with Crippen LogP contribution in [0.3, 0.4) is 0 Å². The monoisotopic (exact) mass is 314 g/mol. The van der Waals surface area contributed by atoms with Crippen LogP contribution in [0.5, 0.6) is 5.75 Å². The van der Waals surface area contributed by atoms with Crippen molar-refractivity contribution in [2.75, 3.05) is 25.4 Å². The van der Waals surface area contributed by atoms with Crippen molar-refractivity contribution in [3.63, 3.8) is 0 Å². The predicted octanol–water partition coefficient (Wildman–Crippen LogP) is 1.76. The van der Waals surface area contributed by atoms with Crippen molar-refractivity contribution in [3.05, 3.63) is 30.3 Å². The summed E-state index contributed by atoms with van der Waals surface area (Å²) in [6.07, 6.45) is 1.52. The zero-order valence-electron chi connectivity index (χ0n) is 12.8. The normalized spacial score (nSPS) is 11.8. The highest BCUT2D eigenvalue weighted by molar-refractivity contribution is 7.89. The van der Waals surface area contributed by atoms with Crippen molar-refractivity contribution in [3.8, 4) is 5.75 Å². The molecule has 2 N–H and O–H groups in total. The van der Waals surface area contributed by atoms with E-state index in [1.807, 2.05) is 30.3 Å². The van der Waals surface area contributed by atoms with Crippen LogP contribution in [0, 0.1) is 0 Å². The van der Waals surface area contributed by atoms with Gasteiger partial charge in [-0.3, -0.25) is 0 Å². The molecule has 0 aliphatic heterocycles. The Balaban J connectivity index is 2.09. The number of ether oxygens (including phenoxy) is 1. The van der Waals surface area contributed by atoms with Gasteiger partial charge in [0.15, 0.2) is 0 Å². The first-order valence-corrected chi connectivity index (χ1v) is 9.03. The third-order valence-electron chi connectivity index (χ3n) is 2.83. The van der Waals surface area contributed by atoms with Gasteiger partial charge in [0.2, 0.25) is 10.0 Å². The molecule has 0 spiro atoms. The third kappa shape index (κ3) is 9.44. The van der Waals surface area contributed by atoms with Crippen LogP contribution in [0.4, 0.5) is 0 Å². The predicted molar refractivity (Wildman–Crippen MR) is 86.1 cm³/mol. The lowest BCUT2D eigenvalue weighted by Gasteiger charge is -2.09. The molecule has 1 aromatic carbocycles. The van der Waals surface area contributed by atoms with Gasteiger partial charge < -0.3 is 10.1 Å². The molecule has 0 heterocycles. The average Bonchev–Trinajstić information content (AvgIpc) is 2.44. The minimum Gasteiger partial charge on any atom is -0.492 e. The molecule has 0 amide bonds. The van der Waals surface area contributed by atoms with Gasteiger partial charge in [-0.2, -0.15) is 0 Å². The van der Waals surface area contributed by atoms with E-state index in [4.69, 9.17) is 4.74 Å². The molecule has 21 heavy (non-hydrogen) atoms. The fraction of sp³-hybridized carbons (Fsp3) is 0.600. The molecule has 5 nitrogen and oxygen atoms in total. The molecule has 0 aliphatic rings. The number of nitrogens with one attached hydrogen (secondary N) is 2. The Morgan fingerprint density at radius 1 is 1.10 bits per heavy atom. The van der Waals surface area contributed by atoms with Crippen LogP contribution in [0.15, 0.2) is 30.3 Å². The molecule has 0 saturated heterocycles. The highest BCUT2D eigenvalue weighted by Gasteiger charge is 2.08. The van der Waals surface area contributed by atoms with Crippen LogP contribution in [0.25, 0.3) is 0 Å². The Morgan fingerprint density at radius 2 is 1.81 bits per heavy atom. The van der Waals surface area contributed by atoms with Gasteiger partial charge in [0.25, 0.3) is 0 Å². The number of sulfonamides is 1. The molecule has 6 heteroatoms. The highest BCUT2D eigenvalue weighted by atomic mass is 32.2. The Labute approximate surface area is 128 Å². The second-order valence-corrected chi connectivity index (χ2v) is 7.12. The molecule has 0 atom stereocenters. The molecule has 0 unspecified atom stereocenters. The molecule has 0 aromatic heterocycles. The molecule has 1 rings (SSSR count). The molecule has 120 valence electrons. The van der Waals surface area contributed by atoms with E-state index in [9.17, 15) is 8.42 Å². The van der Waals surface area contributed by atoms with Crippen LogP contribution in [0.2, 0.25) is 0 Å². The van der Waals surface area contributed by atoms with Gasteiger partial charge in [0, 0.05) is 12.6 Å². The van der Waals surface area contributed by atoms with Gasteiger partial charge in [0.1, 0.15) is 12.4 Å². The summed E-state index contributed by atoms with van der Waals surface area (Å²) in [6, 6.07) is 9.79. The second kappa shape index (κ2) is 9.76. The molecule has 0 aliphatic carbocycles. The maximum absolute atomic E-state index is 11.8. The summed E-state index contributed by atoms with van der Waals surface area (Å²) in [5, 5.41) is 3.27.